The molecule has 1 aromatic heterocycles. The lowest BCUT2D eigenvalue weighted by molar-refractivity contribution is -0.151. The van der Waals surface area contributed by atoms with Crippen LogP contribution in [0.2, 0.25) is 0 Å². The molecule has 3 aromatic carbocycles. The lowest BCUT2D eigenvalue weighted by atomic mass is 9.86. The molecule has 2 N–H and O–H groups in total. The number of hydrogen-bond donors (Lipinski definition) is 2. The Morgan fingerprint density at radius 3 is 2.28 bits per heavy atom. The minimum atomic E-state index is -0.191. The second-order valence-electron chi connectivity index (χ2n) is 9.49. The van der Waals surface area contributed by atoms with E-state index in [-0.39, 0.29) is 29.8 Å². The van der Waals surface area contributed by atoms with Crippen LogP contribution in [0.1, 0.15) is 32.7 Å². The lowest BCUT2D eigenvalue weighted by Gasteiger charge is -2.56. The van der Waals surface area contributed by atoms with Gasteiger partial charge in [-0.25, -0.2) is 0 Å². The molecule has 2 atom stereocenters. The van der Waals surface area contributed by atoms with Gasteiger partial charge in [-0.05, 0) is 54.4 Å². The van der Waals surface area contributed by atoms with Crippen molar-refractivity contribution < 1.29 is 14.4 Å². The lowest BCUT2D eigenvalue weighted by Crippen LogP contribution is -2.71. The summed E-state index contributed by atoms with van der Waals surface area (Å²) in [6.07, 6.45) is 3.22. The monoisotopic (exact) mass is 478 g/mol. The smallest absolute Gasteiger partial charge is 0.255 e. The largest absolute Gasteiger partial charge is 0.361 e. The number of aromatic nitrogens is 1. The molecule has 36 heavy (non-hydrogen) atoms. The van der Waals surface area contributed by atoms with Crippen LogP contribution in [-0.4, -0.2) is 57.7 Å². The molecule has 0 spiro atoms. The standard InChI is InChI=1S/C29H26N4O3/c34-27(14-21-16-30-26-9-5-4-8-25(21)26)33-23-15-24(33)18-32(17-23)29(36)20-10-12-22(13-11-20)31-28(35)19-6-2-1-3-7-19/h1-13,16,23-24,30H,14-15,17-18H2,(H,31,35). The van der Waals surface area contributed by atoms with Crippen molar-refractivity contribution in [2.24, 2.45) is 0 Å². The van der Waals surface area contributed by atoms with E-state index in [0.29, 0.717) is 36.3 Å². The number of benzene rings is 3. The molecule has 0 aliphatic carbocycles. The van der Waals surface area contributed by atoms with Crippen molar-refractivity contribution in [3.63, 3.8) is 0 Å². The number of carbonyl (C=O) groups excluding carboxylic acids is 3. The molecule has 3 amide bonds. The molecule has 7 nitrogen and oxygen atoms in total. The maximum atomic E-state index is 13.1. The zero-order valence-electron chi connectivity index (χ0n) is 19.7. The van der Waals surface area contributed by atoms with Gasteiger partial charge in [-0.15, -0.1) is 0 Å². The Balaban J connectivity index is 1.07. The van der Waals surface area contributed by atoms with Gasteiger partial charge in [0.1, 0.15) is 0 Å². The SMILES string of the molecule is O=C(Nc1ccc(C(=O)N2CC3CC(C2)N3C(=O)Cc2c[nH]c3ccccc23)cc1)c1ccccc1. The van der Waals surface area contributed by atoms with Crippen LogP contribution >= 0.6 is 0 Å². The first-order chi connectivity index (χ1) is 17.6. The fourth-order valence-electron chi connectivity index (χ4n) is 5.39. The maximum absolute atomic E-state index is 13.1. The highest BCUT2D eigenvalue weighted by molar-refractivity contribution is 6.04. The van der Waals surface area contributed by atoms with Gasteiger partial charge in [0.2, 0.25) is 5.91 Å². The average Bonchev–Trinajstić information content (AvgIpc) is 3.31. The molecule has 7 rings (SSSR count). The minimum absolute atomic E-state index is 0.0469. The number of piperidine rings is 1. The molecule has 4 aromatic rings. The maximum Gasteiger partial charge on any atom is 0.255 e. The van der Waals surface area contributed by atoms with E-state index in [1.807, 2.05) is 58.5 Å². The van der Waals surface area contributed by atoms with Crippen LogP contribution in [0.15, 0.2) is 85.1 Å². The van der Waals surface area contributed by atoms with E-state index in [9.17, 15) is 14.4 Å². The number of nitrogens with one attached hydrogen (secondary N) is 2. The normalized spacial score (nSPS) is 18.6. The van der Waals surface area contributed by atoms with Gasteiger partial charge in [0.05, 0.1) is 18.5 Å². The van der Waals surface area contributed by atoms with Crippen LogP contribution in [-0.2, 0) is 11.2 Å². The molecular weight excluding hydrogens is 452 g/mol. The van der Waals surface area contributed by atoms with E-state index in [1.54, 1.807) is 36.4 Å². The number of piperazine rings is 1. The fraction of sp³-hybridized carbons (Fsp3) is 0.207. The molecule has 180 valence electrons. The number of fused-ring (bicyclic) bond motifs is 3. The summed E-state index contributed by atoms with van der Waals surface area (Å²) in [5.74, 6) is -0.121. The first-order valence-electron chi connectivity index (χ1n) is 12.2. The molecule has 3 aliphatic heterocycles. The minimum Gasteiger partial charge on any atom is -0.361 e. The van der Waals surface area contributed by atoms with Gasteiger partial charge >= 0.3 is 0 Å². The number of aromatic amines is 1. The van der Waals surface area contributed by atoms with E-state index < -0.39 is 0 Å². The predicted molar refractivity (Wildman–Crippen MR) is 138 cm³/mol. The quantitative estimate of drug-likeness (QED) is 0.453. The van der Waals surface area contributed by atoms with Gasteiger partial charge in [0, 0.05) is 47.0 Å². The second-order valence-corrected chi connectivity index (χ2v) is 9.49. The number of nitrogens with zero attached hydrogens (tertiary/aromatic N) is 2. The van der Waals surface area contributed by atoms with Crippen LogP contribution in [0.4, 0.5) is 5.69 Å². The number of anilines is 1. The summed E-state index contributed by atoms with van der Waals surface area (Å²) in [6.45, 7) is 1.09. The summed E-state index contributed by atoms with van der Waals surface area (Å²) in [5, 5.41) is 3.94. The van der Waals surface area contributed by atoms with Crippen LogP contribution in [0, 0.1) is 0 Å². The summed E-state index contributed by atoms with van der Waals surface area (Å²) in [4.78, 5) is 45.6. The zero-order valence-corrected chi connectivity index (χ0v) is 19.7. The fourth-order valence-corrected chi connectivity index (χ4v) is 5.39. The van der Waals surface area contributed by atoms with Gasteiger partial charge in [0.25, 0.3) is 11.8 Å². The molecule has 7 heteroatoms. The molecule has 3 aliphatic rings. The Hall–Kier alpha value is -4.39. The van der Waals surface area contributed by atoms with Crippen molar-refractivity contribution in [2.75, 3.05) is 18.4 Å². The first-order valence-corrected chi connectivity index (χ1v) is 12.2. The first kappa shape index (κ1) is 22.1. The van der Waals surface area contributed by atoms with Crippen molar-refractivity contribution in [2.45, 2.75) is 24.9 Å². The number of hydrogen-bond acceptors (Lipinski definition) is 3. The predicted octanol–water partition coefficient (Wildman–Crippen LogP) is 4.09. The Labute approximate surface area is 208 Å². The molecule has 0 saturated carbocycles. The van der Waals surface area contributed by atoms with Crippen LogP contribution in [0.5, 0.6) is 0 Å². The number of H-pyrrole nitrogens is 1. The van der Waals surface area contributed by atoms with Crippen molar-refractivity contribution in [3.8, 4) is 0 Å². The highest BCUT2D eigenvalue weighted by Crippen LogP contribution is 2.34. The highest BCUT2D eigenvalue weighted by Gasteiger charge is 2.48. The molecular formula is C29H26N4O3. The summed E-state index contributed by atoms with van der Waals surface area (Å²) in [5.41, 5.74) is 3.83. The van der Waals surface area contributed by atoms with E-state index in [2.05, 4.69) is 10.3 Å². The highest BCUT2D eigenvalue weighted by atomic mass is 16.2. The summed E-state index contributed by atoms with van der Waals surface area (Å²) < 4.78 is 0. The van der Waals surface area contributed by atoms with E-state index in [1.165, 1.54) is 0 Å². The number of carbonyl (C=O) groups is 3. The van der Waals surface area contributed by atoms with Gasteiger partial charge in [-0.3, -0.25) is 14.4 Å². The number of amides is 3. The van der Waals surface area contributed by atoms with Crippen LogP contribution in [0.3, 0.4) is 0 Å². The third-order valence-electron chi connectivity index (χ3n) is 7.21. The molecule has 2 bridgehead atoms. The zero-order chi connectivity index (χ0) is 24.6. The van der Waals surface area contributed by atoms with Crippen LogP contribution < -0.4 is 5.32 Å². The van der Waals surface area contributed by atoms with Crippen molar-refractivity contribution in [3.05, 3.63) is 102 Å². The van der Waals surface area contributed by atoms with Crippen molar-refractivity contribution >= 4 is 34.3 Å². The Morgan fingerprint density at radius 1 is 0.833 bits per heavy atom. The molecule has 3 saturated heterocycles. The second kappa shape index (κ2) is 9.00. The third-order valence-corrected chi connectivity index (χ3v) is 7.21. The van der Waals surface area contributed by atoms with E-state index in [0.717, 1.165) is 22.9 Å². The van der Waals surface area contributed by atoms with Crippen LogP contribution in [0.25, 0.3) is 10.9 Å². The van der Waals surface area contributed by atoms with Crippen molar-refractivity contribution in [1.29, 1.82) is 0 Å². The van der Waals surface area contributed by atoms with E-state index in [4.69, 9.17) is 0 Å². The molecule has 2 unspecified atom stereocenters. The van der Waals surface area contributed by atoms with Gasteiger partial charge in [-0.2, -0.15) is 0 Å². The molecule has 4 heterocycles. The van der Waals surface area contributed by atoms with E-state index >= 15 is 0 Å². The van der Waals surface area contributed by atoms with Gasteiger partial charge in [0.15, 0.2) is 0 Å². The number of para-hydroxylation sites is 1. The molecule has 0 radical (unpaired) electrons. The summed E-state index contributed by atoms with van der Waals surface area (Å²) in [6, 6.07) is 24.1. The number of rotatable bonds is 5. The van der Waals surface area contributed by atoms with Gasteiger partial charge in [-0.1, -0.05) is 36.4 Å². The summed E-state index contributed by atoms with van der Waals surface area (Å²) >= 11 is 0. The van der Waals surface area contributed by atoms with Gasteiger partial charge < -0.3 is 20.1 Å². The average molecular weight is 479 g/mol. The third kappa shape index (κ3) is 4.02. The topological polar surface area (TPSA) is 85.5 Å². The summed E-state index contributed by atoms with van der Waals surface area (Å²) in [7, 11) is 0. The molecule has 3 fully saturated rings. The Morgan fingerprint density at radius 2 is 1.53 bits per heavy atom. The Bertz CT molecular complexity index is 1430. The van der Waals surface area contributed by atoms with Crippen molar-refractivity contribution in [1.82, 2.24) is 14.8 Å². The Kier molecular flexibility index (Phi) is 5.52.